The van der Waals surface area contributed by atoms with Crippen LogP contribution in [0.25, 0.3) is 5.69 Å². The molecule has 6 heteroatoms. The first-order chi connectivity index (χ1) is 10.0. The highest BCUT2D eigenvalue weighted by Crippen LogP contribution is 2.18. The molecular formula is C15H12ClN3O2. The lowest BCUT2D eigenvalue weighted by Gasteiger charge is -1.98. The fourth-order valence-electron chi connectivity index (χ4n) is 2.08. The highest BCUT2D eigenvalue weighted by atomic mass is 35.5. The molecule has 0 aliphatic heterocycles. The van der Waals surface area contributed by atoms with Gasteiger partial charge < -0.3 is 4.42 Å². The third-order valence-electron chi connectivity index (χ3n) is 3.10. The van der Waals surface area contributed by atoms with Crippen molar-refractivity contribution in [2.24, 2.45) is 0 Å². The van der Waals surface area contributed by atoms with Gasteiger partial charge >= 0.3 is 0 Å². The monoisotopic (exact) mass is 301 g/mol. The van der Waals surface area contributed by atoms with Crippen LogP contribution >= 0.6 is 11.6 Å². The molecule has 1 aromatic carbocycles. The van der Waals surface area contributed by atoms with E-state index < -0.39 is 0 Å². The molecular weight excluding hydrogens is 290 g/mol. The van der Waals surface area contributed by atoms with E-state index in [-0.39, 0.29) is 11.5 Å². The van der Waals surface area contributed by atoms with E-state index >= 15 is 0 Å². The number of carbonyl (C=O) groups is 1. The number of aromatic nitrogens is 3. The molecule has 21 heavy (non-hydrogen) atoms. The summed E-state index contributed by atoms with van der Waals surface area (Å²) in [6.07, 6.45) is 1.59. The van der Waals surface area contributed by atoms with Crippen molar-refractivity contribution in [1.82, 2.24) is 15.0 Å². The molecule has 106 valence electrons. The zero-order valence-corrected chi connectivity index (χ0v) is 12.3. The van der Waals surface area contributed by atoms with Gasteiger partial charge in [-0.05, 0) is 44.2 Å². The van der Waals surface area contributed by atoms with Crippen LogP contribution < -0.4 is 0 Å². The number of benzene rings is 1. The Morgan fingerprint density at radius 1 is 1.24 bits per heavy atom. The average molecular weight is 302 g/mol. The Labute approximate surface area is 126 Å². The van der Waals surface area contributed by atoms with Gasteiger partial charge in [-0.1, -0.05) is 16.8 Å². The van der Waals surface area contributed by atoms with E-state index in [9.17, 15) is 4.79 Å². The van der Waals surface area contributed by atoms with Gasteiger partial charge in [-0.15, -0.1) is 5.10 Å². The van der Waals surface area contributed by atoms with E-state index in [4.69, 9.17) is 16.0 Å². The van der Waals surface area contributed by atoms with Crippen LogP contribution in [-0.4, -0.2) is 20.8 Å². The Kier molecular flexibility index (Phi) is 3.35. The van der Waals surface area contributed by atoms with Crippen molar-refractivity contribution in [3.8, 4) is 5.69 Å². The van der Waals surface area contributed by atoms with E-state index in [1.165, 1.54) is 4.68 Å². The van der Waals surface area contributed by atoms with Crippen molar-refractivity contribution in [3.63, 3.8) is 0 Å². The van der Waals surface area contributed by atoms with Gasteiger partial charge in [0, 0.05) is 5.02 Å². The number of hydrogen-bond acceptors (Lipinski definition) is 4. The standard InChI is InChI=1S/C15H12ClN3O2/c1-9-7-13(10(2)21-9)15(20)14-8-19(18-17-14)12-5-3-11(16)4-6-12/h3-8H,1-2H3. The lowest BCUT2D eigenvalue weighted by atomic mass is 10.1. The summed E-state index contributed by atoms with van der Waals surface area (Å²) in [6.45, 7) is 3.55. The van der Waals surface area contributed by atoms with E-state index in [1.54, 1.807) is 50.4 Å². The zero-order valence-electron chi connectivity index (χ0n) is 11.5. The lowest BCUT2D eigenvalue weighted by molar-refractivity contribution is 0.103. The highest BCUT2D eigenvalue weighted by molar-refractivity contribution is 6.30. The van der Waals surface area contributed by atoms with Crippen molar-refractivity contribution in [1.29, 1.82) is 0 Å². The molecule has 0 aliphatic carbocycles. The summed E-state index contributed by atoms with van der Waals surface area (Å²) in [5, 5.41) is 8.54. The summed E-state index contributed by atoms with van der Waals surface area (Å²) in [7, 11) is 0. The molecule has 0 N–H and O–H groups in total. The highest BCUT2D eigenvalue weighted by Gasteiger charge is 2.19. The maximum Gasteiger partial charge on any atom is 0.218 e. The van der Waals surface area contributed by atoms with Gasteiger partial charge in [-0.2, -0.15) is 0 Å². The van der Waals surface area contributed by atoms with E-state index in [2.05, 4.69) is 10.3 Å². The summed E-state index contributed by atoms with van der Waals surface area (Å²) in [4.78, 5) is 12.4. The largest absolute Gasteiger partial charge is 0.466 e. The number of rotatable bonds is 3. The number of hydrogen-bond donors (Lipinski definition) is 0. The number of halogens is 1. The first kappa shape index (κ1) is 13.6. The molecule has 0 amide bonds. The molecule has 5 nitrogen and oxygen atoms in total. The van der Waals surface area contributed by atoms with Gasteiger partial charge in [-0.25, -0.2) is 4.68 Å². The third-order valence-corrected chi connectivity index (χ3v) is 3.35. The predicted molar refractivity (Wildman–Crippen MR) is 78.0 cm³/mol. The van der Waals surface area contributed by atoms with Gasteiger partial charge in [0.05, 0.1) is 17.4 Å². The van der Waals surface area contributed by atoms with Crippen LogP contribution in [0.4, 0.5) is 0 Å². The molecule has 0 saturated carbocycles. The summed E-state index contributed by atoms with van der Waals surface area (Å²) in [5.41, 5.74) is 1.57. The van der Waals surface area contributed by atoms with Gasteiger partial charge in [0.1, 0.15) is 11.5 Å². The van der Waals surface area contributed by atoms with Crippen LogP contribution in [0.3, 0.4) is 0 Å². The number of ketones is 1. The van der Waals surface area contributed by atoms with Crippen LogP contribution in [0.15, 0.2) is 40.9 Å². The molecule has 2 aromatic heterocycles. The van der Waals surface area contributed by atoms with Crippen LogP contribution in [0, 0.1) is 13.8 Å². The Morgan fingerprint density at radius 2 is 1.95 bits per heavy atom. The van der Waals surface area contributed by atoms with Crippen molar-refractivity contribution < 1.29 is 9.21 Å². The number of carbonyl (C=O) groups excluding carboxylic acids is 1. The summed E-state index contributed by atoms with van der Waals surface area (Å²) < 4.78 is 6.90. The molecule has 0 aliphatic rings. The third kappa shape index (κ3) is 2.60. The minimum Gasteiger partial charge on any atom is -0.466 e. The average Bonchev–Trinajstić information content (AvgIpc) is 3.06. The number of aryl methyl sites for hydroxylation is 2. The van der Waals surface area contributed by atoms with Crippen LogP contribution in [0.1, 0.15) is 27.6 Å². The fourth-order valence-corrected chi connectivity index (χ4v) is 2.21. The molecule has 2 heterocycles. The Balaban J connectivity index is 1.93. The number of furan rings is 1. The Bertz CT molecular complexity index is 803. The van der Waals surface area contributed by atoms with Crippen molar-refractivity contribution in [3.05, 3.63) is 64.3 Å². The molecule has 3 rings (SSSR count). The van der Waals surface area contributed by atoms with Crippen molar-refractivity contribution >= 4 is 17.4 Å². The van der Waals surface area contributed by atoms with Crippen LogP contribution in [0.2, 0.25) is 5.02 Å². The normalized spacial score (nSPS) is 10.8. The maximum absolute atomic E-state index is 12.4. The second kappa shape index (κ2) is 5.18. The van der Waals surface area contributed by atoms with E-state index in [0.717, 1.165) is 5.69 Å². The lowest BCUT2D eigenvalue weighted by Crippen LogP contribution is -2.02. The van der Waals surface area contributed by atoms with Gasteiger partial charge in [0.15, 0.2) is 5.69 Å². The molecule has 0 unspecified atom stereocenters. The smallest absolute Gasteiger partial charge is 0.218 e. The predicted octanol–water partition coefficient (Wildman–Crippen LogP) is 3.36. The molecule has 0 bridgehead atoms. The molecule has 3 aromatic rings. The molecule has 0 fully saturated rings. The second-order valence-electron chi connectivity index (χ2n) is 4.68. The Morgan fingerprint density at radius 3 is 2.57 bits per heavy atom. The second-order valence-corrected chi connectivity index (χ2v) is 5.12. The molecule has 0 radical (unpaired) electrons. The van der Waals surface area contributed by atoms with Crippen molar-refractivity contribution in [2.75, 3.05) is 0 Å². The van der Waals surface area contributed by atoms with E-state index in [0.29, 0.717) is 22.1 Å². The zero-order chi connectivity index (χ0) is 15.0. The van der Waals surface area contributed by atoms with E-state index in [1.807, 2.05) is 0 Å². The quantitative estimate of drug-likeness (QED) is 0.696. The van der Waals surface area contributed by atoms with Crippen LogP contribution in [-0.2, 0) is 0 Å². The molecule has 0 saturated heterocycles. The topological polar surface area (TPSA) is 60.9 Å². The van der Waals surface area contributed by atoms with Gasteiger partial charge in [-0.3, -0.25) is 4.79 Å². The summed E-state index contributed by atoms with van der Waals surface area (Å²) in [6, 6.07) is 8.82. The first-order valence-corrected chi connectivity index (χ1v) is 6.72. The number of nitrogens with zero attached hydrogens (tertiary/aromatic N) is 3. The molecule has 0 atom stereocenters. The molecule has 0 spiro atoms. The summed E-state index contributed by atoms with van der Waals surface area (Å²) >= 11 is 5.84. The van der Waals surface area contributed by atoms with Crippen LogP contribution in [0.5, 0.6) is 0 Å². The Hall–Kier alpha value is -2.40. The van der Waals surface area contributed by atoms with Gasteiger partial charge in [0.2, 0.25) is 5.78 Å². The first-order valence-electron chi connectivity index (χ1n) is 6.34. The fraction of sp³-hybridized carbons (Fsp3) is 0.133. The minimum atomic E-state index is -0.204. The van der Waals surface area contributed by atoms with Gasteiger partial charge in [0.25, 0.3) is 0 Å². The minimum absolute atomic E-state index is 0.204. The maximum atomic E-state index is 12.4. The van der Waals surface area contributed by atoms with Crippen molar-refractivity contribution in [2.45, 2.75) is 13.8 Å². The summed E-state index contributed by atoms with van der Waals surface area (Å²) in [5.74, 6) is 1.07. The SMILES string of the molecule is Cc1cc(C(=O)c2cn(-c3ccc(Cl)cc3)nn2)c(C)o1.